The number of fused-ring (bicyclic) bond motifs is 1. The van der Waals surface area contributed by atoms with Gasteiger partial charge in [-0.3, -0.25) is 14.6 Å². The predicted octanol–water partition coefficient (Wildman–Crippen LogP) is 0.0902. The van der Waals surface area contributed by atoms with Crippen LogP contribution in [0.25, 0.3) is 10.9 Å². The van der Waals surface area contributed by atoms with Crippen molar-refractivity contribution >= 4 is 26.9 Å². The molecule has 3 rings (SSSR count). The molecule has 0 aliphatic carbocycles. The first kappa shape index (κ1) is 17.4. The van der Waals surface area contributed by atoms with Crippen LogP contribution in [0.4, 0.5) is 0 Å². The summed E-state index contributed by atoms with van der Waals surface area (Å²) in [4.78, 5) is 38.8. The summed E-state index contributed by atoms with van der Waals surface area (Å²) in [5, 5.41) is 9.22. The summed E-state index contributed by atoms with van der Waals surface area (Å²) < 4.78 is 27.0. The smallest absolute Gasteiger partial charge is 0.326 e. The van der Waals surface area contributed by atoms with Gasteiger partial charge in [0.15, 0.2) is 0 Å². The van der Waals surface area contributed by atoms with Crippen LogP contribution in [0.15, 0.2) is 32.7 Å². The van der Waals surface area contributed by atoms with E-state index < -0.39 is 33.2 Å². The number of carbonyl (C=O) groups is 1. The largest absolute Gasteiger partial charge is 0.481 e. The van der Waals surface area contributed by atoms with Gasteiger partial charge in [-0.2, -0.15) is 4.31 Å². The SMILES string of the molecule is CC1CCC(C(=O)O)CN1S(=O)(=O)c1ccc2[nH]c(=O)[nH]c(=O)c2c1. The number of sulfonamides is 1. The van der Waals surface area contributed by atoms with Crippen LogP contribution in [0.2, 0.25) is 0 Å². The van der Waals surface area contributed by atoms with Crippen LogP contribution in [0, 0.1) is 5.92 Å². The fourth-order valence-electron chi connectivity index (χ4n) is 3.05. The lowest BCUT2D eigenvalue weighted by Crippen LogP contribution is -2.47. The van der Waals surface area contributed by atoms with Crippen LogP contribution in [0.1, 0.15) is 19.8 Å². The van der Waals surface area contributed by atoms with Crippen molar-refractivity contribution in [2.75, 3.05) is 6.54 Å². The van der Waals surface area contributed by atoms with E-state index in [1.807, 2.05) is 4.98 Å². The molecular formula is C15H17N3O6S. The van der Waals surface area contributed by atoms with Crippen molar-refractivity contribution in [3.05, 3.63) is 39.0 Å². The van der Waals surface area contributed by atoms with Crippen LogP contribution in [-0.2, 0) is 14.8 Å². The molecule has 25 heavy (non-hydrogen) atoms. The number of carboxylic acids is 1. The van der Waals surface area contributed by atoms with E-state index in [4.69, 9.17) is 0 Å². The van der Waals surface area contributed by atoms with Gasteiger partial charge in [-0.25, -0.2) is 13.2 Å². The highest BCUT2D eigenvalue weighted by Gasteiger charge is 2.37. The number of rotatable bonds is 3. The van der Waals surface area contributed by atoms with Crippen LogP contribution in [0.5, 0.6) is 0 Å². The molecule has 9 nitrogen and oxygen atoms in total. The number of piperidine rings is 1. The van der Waals surface area contributed by atoms with E-state index in [0.29, 0.717) is 12.8 Å². The van der Waals surface area contributed by atoms with Gasteiger partial charge in [0.05, 0.1) is 21.7 Å². The third-order valence-electron chi connectivity index (χ3n) is 4.49. The zero-order valence-corrected chi connectivity index (χ0v) is 14.2. The number of nitrogens with zero attached hydrogens (tertiary/aromatic N) is 1. The van der Waals surface area contributed by atoms with E-state index in [-0.39, 0.29) is 28.4 Å². The molecule has 2 unspecified atom stereocenters. The molecule has 0 radical (unpaired) electrons. The minimum absolute atomic E-state index is 0.0418. The lowest BCUT2D eigenvalue weighted by Gasteiger charge is -2.35. The molecular weight excluding hydrogens is 350 g/mol. The second-order valence-corrected chi connectivity index (χ2v) is 8.04. The van der Waals surface area contributed by atoms with Crippen molar-refractivity contribution in [2.24, 2.45) is 5.92 Å². The predicted molar refractivity (Wildman–Crippen MR) is 88.9 cm³/mol. The summed E-state index contributed by atoms with van der Waals surface area (Å²) in [7, 11) is -3.97. The summed E-state index contributed by atoms with van der Waals surface area (Å²) in [5.41, 5.74) is -1.14. The summed E-state index contributed by atoms with van der Waals surface area (Å²) in [6, 6.07) is 3.49. The number of aromatic nitrogens is 2. The highest BCUT2D eigenvalue weighted by molar-refractivity contribution is 7.89. The lowest BCUT2D eigenvalue weighted by molar-refractivity contribution is -0.143. The average molecular weight is 367 g/mol. The van der Waals surface area contributed by atoms with Crippen molar-refractivity contribution in [3.8, 4) is 0 Å². The Labute approximate surface area is 142 Å². The first-order chi connectivity index (χ1) is 11.7. The Morgan fingerprint density at radius 2 is 1.96 bits per heavy atom. The highest BCUT2D eigenvalue weighted by atomic mass is 32.2. The second kappa shape index (κ2) is 6.12. The third-order valence-corrected chi connectivity index (χ3v) is 6.47. The van der Waals surface area contributed by atoms with E-state index >= 15 is 0 Å². The molecule has 0 saturated carbocycles. The van der Waals surface area contributed by atoms with E-state index in [0.717, 1.165) is 4.31 Å². The minimum Gasteiger partial charge on any atom is -0.481 e. The fourth-order valence-corrected chi connectivity index (χ4v) is 4.78. The second-order valence-electron chi connectivity index (χ2n) is 6.15. The van der Waals surface area contributed by atoms with E-state index in [2.05, 4.69) is 4.98 Å². The molecule has 0 amide bonds. The average Bonchev–Trinajstić information content (AvgIpc) is 2.54. The van der Waals surface area contributed by atoms with Gasteiger partial charge in [-0.05, 0) is 38.0 Å². The lowest BCUT2D eigenvalue weighted by atomic mass is 9.96. The number of aromatic amines is 2. The van der Waals surface area contributed by atoms with E-state index in [9.17, 15) is 27.9 Å². The third kappa shape index (κ3) is 3.10. The maximum absolute atomic E-state index is 12.9. The Kier molecular flexibility index (Phi) is 4.25. The summed E-state index contributed by atoms with van der Waals surface area (Å²) in [6.07, 6.45) is 0.860. The molecule has 2 heterocycles. The molecule has 3 N–H and O–H groups in total. The Balaban J connectivity index is 2.07. The molecule has 1 aromatic carbocycles. The molecule has 2 atom stereocenters. The number of aliphatic carboxylic acids is 1. The number of hydrogen-bond acceptors (Lipinski definition) is 5. The first-order valence-corrected chi connectivity index (χ1v) is 9.15. The Morgan fingerprint density at radius 3 is 2.64 bits per heavy atom. The van der Waals surface area contributed by atoms with Gasteiger partial charge in [0.25, 0.3) is 5.56 Å². The molecule has 1 aliphatic heterocycles. The van der Waals surface area contributed by atoms with Gasteiger partial charge in [0, 0.05) is 12.6 Å². The zero-order valence-electron chi connectivity index (χ0n) is 13.4. The summed E-state index contributed by atoms with van der Waals surface area (Å²) in [5.74, 6) is -1.79. The molecule has 10 heteroatoms. The van der Waals surface area contributed by atoms with Gasteiger partial charge < -0.3 is 10.1 Å². The summed E-state index contributed by atoms with van der Waals surface area (Å²) >= 11 is 0. The van der Waals surface area contributed by atoms with Gasteiger partial charge in [0.1, 0.15) is 0 Å². The topological polar surface area (TPSA) is 140 Å². The number of benzene rings is 1. The molecule has 0 spiro atoms. The normalized spacial score (nSPS) is 22.1. The standard InChI is InChI=1S/C15H17N3O6S/c1-8-2-3-9(14(20)21)7-18(8)25(23,24)10-4-5-12-11(6-10)13(19)17-15(22)16-12/h4-6,8-9H,2-3,7H2,1H3,(H,20,21)(H2,16,17,19,22). The van der Waals surface area contributed by atoms with Crippen molar-refractivity contribution in [2.45, 2.75) is 30.7 Å². The van der Waals surface area contributed by atoms with Crippen molar-refractivity contribution in [3.63, 3.8) is 0 Å². The van der Waals surface area contributed by atoms with Gasteiger partial charge >= 0.3 is 11.7 Å². The molecule has 2 aromatic rings. The number of nitrogens with one attached hydrogen (secondary N) is 2. The number of H-pyrrole nitrogens is 2. The quantitative estimate of drug-likeness (QED) is 0.702. The number of hydrogen-bond donors (Lipinski definition) is 3. The van der Waals surface area contributed by atoms with Gasteiger partial charge in [-0.15, -0.1) is 0 Å². The minimum atomic E-state index is -3.97. The van der Waals surface area contributed by atoms with E-state index in [1.54, 1.807) is 6.92 Å². The molecule has 1 aromatic heterocycles. The Hall–Kier alpha value is -2.46. The molecule has 1 fully saturated rings. The maximum Gasteiger partial charge on any atom is 0.326 e. The molecule has 1 saturated heterocycles. The van der Waals surface area contributed by atoms with Crippen LogP contribution in [0.3, 0.4) is 0 Å². The van der Waals surface area contributed by atoms with Crippen LogP contribution >= 0.6 is 0 Å². The fraction of sp³-hybridized carbons (Fsp3) is 0.400. The zero-order chi connectivity index (χ0) is 18.4. The van der Waals surface area contributed by atoms with E-state index in [1.165, 1.54) is 18.2 Å². The maximum atomic E-state index is 12.9. The van der Waals surface area contributed by atoms with Gasteiger partial charge in [-0.1, -0.05) is 0 Å². The van der Waals surface area contributed by atoms with Crippen molar-refractivity contribution < 1.29 is 18.3 Å². The Morgan fingerprint density at radius 1 is 1.24 bits per heavy atom. The Bertz CT molecular complexity index is 1050. The van der Waals surface area contributed by atoms with Crippen LogP contribution < -0.4 is 11.2 Å². The molecule has 134 valence electrons. The highest BCUT2D eigenvalue weighted by Crippen LogP contribution is 2.29. The van der Waals surface area contributed by atoms with Gasteiger partial charge in [0.2, 0.25) is 10.0 Å². The molecule has 0 bridgehead atoms. The van der Waals surface area contributed by atoms with Crippen LogP contribution in [-0.4, -0.2) is 46.4 Å². The monoisotopic (exact) mass is 367 g/mol. The first-order valence-electron chi connectivity index (χ1n) is 7.71. The number of carboxylic acid groups (broad SMARTS) is 1. The molecule has 1 aliphatic rings. The van der Waals surface area contributed by atoms with Crippen molar-refractivity contribution in [1.82, 2.24) is 14.3 Å². The van der Waals surface area contributed by atoms with Crippen molar-refractivity contribution in [1.29, 1.82) is 0 Å². The summed E-state index contributed by atoms with van der Waals surface area (Å²) in [6.45, 7) is 1.61.